The van der Waals surface area contributed by atoms with Crippen molar-refractivity contribution in [2.75, 3.05) is 4.72 Å². The van der Waals surface area contributed by atoms with Gasteiger partial charge < -0.3 is 0 Å². The lowest BCUT2D eigenvalue weighted by Gasteiger charge is -2.03. The highest BCUT2D eigenvalue weighted by atomic mass is 32.2. The molecule has 84 valence electrons. The van der Waals surface area contributed by atoms with Crippen molar-refractivity contribution in [3.63, 3.8) is 0 Å². The predicted octanol–water partition coefficient (Wildman–Crippen LogP) is -0.706. The van der Waals surface area contributed by atoms with E-state index in [0.29, 0.717) is 0 Å². The van der Waals surface area contributed by atoms with E-state index in [-0.39, 0.29) is 10.8 Å². The highest BCUT2D eigenvalue weighted by Gasteiger charge is 2.15. The van der Waals surface area contributed by atoms with E-state index in [1.165, 1.54) is 18.3 Å². The van der Waals surface area contributed by atoms with Crippen molar-refractivity contribution in [3.8, 4) is 0 Å². The number of rotatable bonds is 3. The Bertz CT molecular complexity index is 610. The average Bonchev–Trinajstić information content (AvgIpc) is 2.75. The van der Waals surface area contributed by atoms with Crippen LogP contribution in [0.25, 0.3) is 0 Å². The third kappa shape index (κ3) is 2.08. The van der Waals surface area contributed by atoms with Crippen molar-refractivity contribution >= 4 is 15.8 Å². The molecular formula is C7H7N5O3S. The summed E-state index contributed by atoms with van der Waals surface area (Å²) in [5.41, 5.74) is -0.413. The Balaban J connectivity index is 2.28. The highest BCUT2D eigenvalue weighted by Crippen LogP contribution is 2.08. The summed E-state index contributed by atoms with van der Waals surface area (Å²) in [6, 6.07) is 3.72. The van der Waals surface area contributed by atoms with Gasteiger partial charge in [0.25, 0.3) is 15.6 Å². The third-order valence-corrected chi connectivity index (χ3v) is 2.97. The van der Waals surface area contributed by atoms with Crippen LogP contribution in [0.1, 0.15) is 0 Å². The summed E-state index contributed by atoms with van der Waals surface area (Å²) in [5.74, 6) is 0.0224. The molecule has 0 atom stereocenters. The van der Waals surface area contributed by atoms with E-state index >= 15 is 0 Å². The second-order valence-corrected chi connectivity index (χ2v) is 4.48. The Morgan fingerprint density at radius 2 is 2.00 bits per heavy atom. The van der Waals surface area contributed by atoms with Crippen molar-refractivity contribution in [1.29, 1.82) is 0 Å². The van der Waals surface area contributed by atoms with E-state index in [1.807, 2.05) is 0 Å². The molecule has 0 spiro atoms. The van der Waals surface area contributed by atoms with Crippen LogP contribution in [0.5, 0.6) is 0 Å². The van der Waals surface area contributed by atoms with Crippen molar-refractivity contribution in [2.45, 2.75) is 5.03 Å². The van der Waals surface area contributed by atoms with E-state index in [0.717, 1.165) is 6.07 Å². The minimum Gasteiger partial charge on any atom is -0.268 e. The molecule has 0 aliphatic rings. The van der Waals surface area contributed by atoms with E-state index in [2.05, 4.69) is 25.1 Å². The fraction of sp³-hybridized carbons (Fsp3) is 0. The van der Waals surface area contributed by atoms with Crippen LogP contribution in [-0.4, -0.2) is 28.8 Å². The summed E-state index contributed by atoms with van der Waals surface area (Å²) in [7, 11) is -3.74. The number of anilines is 1. The van der Waals surface area contributed by atoms with Crippen LogP contribution in [0.4, 0.5) is 5.82 Å². The topological polar surface area (TPSA) is 121 Å². The normalized spacial score (nSPS) is 11.2. The summed E-state index contributed by atoms with van der Waals surface area (Å²) >= 11 is 0. The zero-order chi connectivity index (χ0) is 11.6. The molecule has 2 heterocycles. The Hall–Kier alpha value is -2.16. The van der Waals surface area contributed by atoms with Gasteiger partial charge in [0, 0.05) is 6.07 Å². The van der Waals surface area contributed by atoms with Gasteiger partial charge in [-0.2, -0.15) is 18.6 Å². The van der Waals surface area contributed by atoms with E-state index < -0.39 is 15.6 Å². The minimum atomic E-state index is -3.74. The summed E-state index contributed by atoms with van der Waals surface area (Å²) in [4.78, 5) is 10.7. The van der Waals surface area contributed by atoms with Crippen LogP contribution in [-0.2, 0) is 10.0 Å². The minimum absolute atomic E-state index is 0.0224. The summed E-state index contributed by atoms with van der Waals surface area (Å²) in [6.45, 7) is 0. The zero-order valence-electron chi connectivity index (χ0n) is 7.84. The van der Waals surface area contributed by atoms with Crippen molar-refractivity contribution in [2.24, 2.45) is 0 Å². The van der Waals surface area contributed by atoms with Gasteiger partial charge >= 0.3 is 0 Å². The van der Waals surface area contributed by atoms with Crippen molar-refractivity contribution in [3.05, 3.63) is 34.7 Å². The number of H-pyrrole nitrogens is 2. The second-order valence-electron chi connectivity index (χ2n) is 2.83. The maximum Gasteiger partial charge on any atom is 0.280 e. The summed E-state index contributed by atoms with van der Waals surface area (Å²) < 4.78 is 25.4. The highest BCUT2D eigenvalue weighted by molar-refractivity contribution is 7.92. The van der Waals surface area contributed by atoms with Crippen LogP contribution in [0.15, 0.2) is 34.2 Å². The first-order valence-corrected chi connectivity index (χ1v) is 5.64. The summed E-state index contributed by atoms with van der Waals surface area (Å²) in [5, 5.41) is 11.4. The van der Waals surface area contributed by atoms with E-state index in [4.69, 9.17) is 0 Å². The fourth-order valence-corrected chi connectivity index (χ4v) is 1.90. The molecular weight excluding hydrogens is 234 g/mol. The molecule has 0 unspecified atom stereocenters. The van der Waals surface area contributed by atoms with Gasteiger partial charge in [-0.3, -0.25) is 14.6 Å². The molecule has 0 saturated heterocycles. The lowest BCUT2D eigenvalue weighted by Crippen LogP contribution is -2.16. The molecule has 3 N–H and O–H groups in total. The first kappa shape index (κ1) is 10.4. The quantitative estimate of drug-likeness (QED) is 0.655. The lowest BCUT2D eigenvalue weighted by atomic mass is 10.5. The molecule has 0 aliphatic heterocycles. The average molecular weight is 241 g/mol. The fourth-order valence-electron chi connectivity index (χ4n) is 0.987. The van der Waals surface area contributed by atoms with E-state index in [1.54, 1.807) is 0 Å². The number of nitrogens with one attached hydrogen (secondary N) is 3. The molecule has 0 radical (unpaired) electrons. The predicted molar refractivity (Wildman–Crippen MR) is 54.3 cm³/mol. The lowest BCUT2D eigenvalue weighted by molar-refractivity contribution is 0.597. The Labute approximate surface area is 89.8 Å². The van der Waals surface area contributed by atoms with Crippen LogP contribution in [0.3, 0.4) is 0 Å². The molecule has 0 aromatic carbocycles. The number of hydrogen-bond acceptors (Lipinski definition) is 5. The molecule has 2 aromatic rings. The van der Waals surface area contributed by atoms with Crippen LogP contribution in [0.2, 0.25) is 0 Å². The van der Waals surface area contributed by atoms with Crippen molar-refractivity contribution in [1.82, 2.24) is 20.4 Å². The first-order chi connectivity index (χ1) is 7.58. The smallest absolute Gasteiger partial charge is 0.268 e. The molecule has 8 nitrogen and oxygen atoms in total. The Morgan fingerprint density at radius 1 is 1.19 bits per heavy atom. The number of nitrogens with zero attached hydrogens (tertiary/aromatic N) is 2. The summed E-state index contributed by atoms with van der Waals surface area (Å²) in [6.07, 6.45) is 1.31. The largest absolute Gasteiger partial charge is 0.280 e. The van der Waals surface area contributed by atoms with Crippen LogP contribution < -0.4 is 10.3 Å². The number of hydrogen-bond donors (Lipinski definition) is 3. The van der Waals surface area contributed by atoms with Gasteiger partial charge in [-0.15, -0.1) is 0 Å². The van der Waals surface area contributed by atoms with Gasteiger partial charge in [-0.05, 0) is 12.1 Å². The Morgan fingerprint density at radius 3 is 2.56 bits per heavy atom. The van der Waals surface area contributed by atoms with Crippen LogP contribution >= 0.6 is 0 Å². The molecule has 0 aliphatic carbocycles. The molecule has 0 saturated carbocycles. The number of aromatic amines is 2. The van der Waals surface area contributed by atoms with Gasteiger partial charge in [0.2, 0.25) is 0 Å². The Kier molecular flexibility index (Phi) is 2.44. The monoisotopic (exact) mass is 241 g/mol. The van der Waals surface area contributed by atoms with Crippen molar-refractivity contribution < 1.29 is 8.42 Å². The van der Waals surface area contributed by atoms with Gasteiger partial charge in [0.1, 0.15) is 0 Å². The number of aromatic nitrogens is 4. The van der Waals surface area contributed by atoms with Gasteiger partial charge in [-0.25, -0.2) is 5.10 Å². The third-order valence-electron chi connectivity index (χ3n) is 1.68. The number of sulfonamides is 1. The van der Waals surface area contributed by atoms with Crippen LogP contribution in [0, 0.1) is 0 Å². The standard InChI is InChI=1S/C7H7N5O3S/c13-6-2-1-5(9-10-6)12-16(14,15)7-3-4-8-11-7/h1-4H,(H,8,11)(H,9,12)(H,10,13). The molecule has 16 heavy (non-hydrogen) atoms. The molecule has 2 aromatic heterocycles. The second kappa shape index (κ2) is 3.77. The van der Waals surface area contributed by atoms with Gasteiger partial charge in [-0.1, -0.05) is 0 Å². The van der Waals surface area contributed by atoms with Gasteiger partial charge in [0.05, 0.1) is 6.20 Å². The molecule has 0 fully saturated rings. The first-order valence-electron chi connectivity index (χ1n) is 4.16. The molecule has 0 amide bonds. The SMILES string of the molecule is O=c1ccc(NS(=O)(=O)c2ccn[nH]2)n[nH]1. The zero-order valence-corrected chi connectivity index (χ0v) is 8.65. The molecule has 2 rings (SSSR count). The molecule has 9 heteroatoms. The maximum atomic E-state index is 11.6. The maximum absolute atomic E-state index is 11.6. The van der Waals surface area contributed by atoms with Gasteiger partial charge in [0.15, 0.2) is 10.8 Å². The van der Waals surface area contributed by atoms with E-state index in [9.17, 15) is 13.2 Å². The molecule has 0 bridgehead atoms.